The van der Waals surface area contributed by atoms with Gasteiger partial charge in [-0.05, 0) is 0 Å². The van der Waals surface area contributed by atoms with Gasteiger partial charge in [0, 0.05) is 0 Å². The van der Waals surface area contributed by atoms with Gasteiger partial charge < -0.3 is 0 Å². The van der Waals surface area contributed by atoms with E-state index in [4.69, 9.17) is 0 Å². The molecule has 0 spiro atoms. The van der Waals surface area contributed by atoms with E-state index in [1.165, 1.54) is 5.56 Å². The molecule has 0 saturated heterocycles. The average molecular weight is 227 g/mol. The molecule has 1 atom stereocenters. The van der Waals surface area contributed by atoms with Gasteiger partial charge in [-0.15, -0.1) is 0 Å². The standard InChI is InChI=1S/C11H16Se/c1-9(2)12-10(3)11-7-5-4-6-8-11/h4-10H,1-3H3. The quantitative estimate of drug-likeness (QED) is 0.695. The van der Waals surface area contributed by atoms with Crippen LogP contribution in [0.3, 0.4) is 0 Å². The van der Waals surface area contributed by atoms with Gasteiger partial charge in [0.1, 0.15) is 0 Å². The molecule has 1 aromatic rings. The summed E-state index contributed by atoms with van der Waals surface area (Å²) in [4.78, 5) is 1.62. The molecule has 0 heterocycles. The van der Waals surface area contributed by atoms with Crippen LogP contribution >= 0.6 is 0 Å². The second-order valence-corrected chi connectivity index (χ2v) is 7.27. The molecule has 66 valence electrons. The van der Waals surface area contributed by atoms with Gasteiger partial charge in [0.05, 0.1) is 0 Å². The molecule has 0 amide bonds. The summed E-state index contributed by atoms with van der Waals surface area (Å²) in [5.41, 5.74) is 1.49. The maximum atomic E-state index is 2.33. The van der Waals surface area contributed by atoms with Crippen molar-refractivity contribution >= 4 is 15.0 Å². The van der Waals surface area contributed by atoms with E-state index in [2.05, 4.69) is 51.1 Å². The Morgan fingerprint density at radius 1 is 1.00 bits per heavy atom. The van der Waals surface area contributed by atoms with Gasteiger partial charge >= 0.3 is 81.3 Å². The van der Waals surface area contributed by atoms with Crippen LogP contribution in [-0.2, 0) is 0 Å². The van der Waals surface area contributed by atoms with Crippen LogP contribution in [0, 0.1) is 0 Å². The molecular weight excluding hydrogens is 211 g/mol. The molecule has 0 aliphatic carbocycles. The van der Waals surface area contributed by atoms with Crippen molar-refractivity contribution < 1.29 is 0 Å². The van der Waals surface area contributed by atoms with Crippen LogP contribution in [0.25, 0.3) is 0 Å². The number of hydrogen-bond donors (Lipinski definition) is 0. The van der Waals surface area contributed by atoms with E-state index in [9.17, 15) is 0 Å². The zero-order valence-electron chi connectivity index (χ0n) is 7.95. The molecule has 0 aliphatic rings. The van der Waals surface area contributed by atoms with Crippen LogP contribution in [-0.4, -0.2) is 15.0 Å². The topological polar surface area (TPSA) is 0 Å². The summed E-state index contributed by atoms with van der Waals surface area (Å²) in [6.45, 7) is 6.94. The summed E-state index contributed by atoms with van der Waals surface area (Å²) in [5, 5.41) is 0. The van der Waals surface area contributed by atoms with Crippen molar-refractivity contribution in [2.45, 2.75) is 30.4 Å². The van der Waals surface area contributed by atoms with Gasteiger partial charge in [-0.25, -0.2) is 0 Å². The molecule has 0 saturated carbocycles. The van der Waals surface area contributed by atoms with Crippen molar-refractivity contribution in [3.8, 4) is 0 Å². The molecule has 0 N–H and O–H groups in total. The summed E-state index contributed by atoms with van der Waals surface area (Å²) in [6.07, 6.45) is 0. The Morgan fingerprint density at radius 2 is 1.58 bits per heavy atom. The third kappa shape index (κ3) is 3.00. The Bertz CT molecular complexity index is 216. The Hall–Kier alpha value is -0.261. The summed E-state index contributed by atoms with van der Waals surface area (Å²) in [5.74, 6) is 0. The molecule has 0 bridgehead atoms. The minimum atomic E-state index is 0.737. The van der Waals surface area contributed by atoms with Crippen LogP contribution in [0.2, 0.25) is 4.82 Å². The molecule has 1 aromatic carbocycles. The third-order valence-corrected chi connectivity index (χ3v) is 4.31. The predicted molar refractivity (Wildman–Crippen MR) is 55.7 cm³/mol. The van der Waals surface area contributed by atoms with Crippen molar-refractivity contribution in [2.24, 2.45) is 0 Å². The second kappa shape index (κ2) is 4.69. The zero-order valence-corrected chi connectivity index (χ0v) is 9.66. The van der Waals surface area contributed by atoms with Crippen LogP contribution in [0.15, 0.2) is 30.3 Å². The van der Waals surface area contributed by atoms with E-state index >= 15 is 0 Å². The van der Waals surface area contributed by atoms with Gasteiger partial charge in [0.2, 0.25) is 0 Å². The first-order valence-electron chi connectivity index (χ1n) is 4.40. The molecule has 1 heteroatoms. The van der Waals surface area contributed by atoms with Crippen LogP contribution in [0.5, 0.6) is 0 Å². The normalized spacial score (nSPS) is 13.3. The Kier molecular flexibility index (Phi) is 3.84. The Balaban J connectivity index is 2.59. The molecule has 12 heavy (non-hydrogen) atoms. The fourth-order valence-electron chi connectivity index (χ4n) is 1.21. The van der Waals surface area contributed by atoms with Crippen molar-refractivity contribution in [2.75, 3.05) is 0 Å². The number of benzene rings is 1. The molecular formula is C11H16Se. The summed E-state index contributed by atoms with van der Waals surface area (Å²) >= 11 is 0.737. The Morgan fingerprint density at radius 3 is 2.08 bits per heavy atom. The van der Waals surface area contributed by atoms with Gasteiger partial charge in [-0.2, -0.15) is 0 Å². The van der Waals surface area contributed by atoms with Gasteiger partial charge in [-0.3, -0.25) is 0 Å². The third-order valence-electron chi connectivity index (χ3n) is 1.75. The Labute approximate surface area is 81.5 Å². The minimum absolute atomic E-state index is 0.737. The average Bonchev–Trinajstić information content (AvgIpc) is 2.05. The summed E-state index contributed by atoms with van der Waals surface area (Å²) in [6, 6.07) is 10.8. The summed E-state index contributed by atoms with van der Waals surface area (Å²) < 4.78 is 0. The van der Waals surface area contributed by atoms with Crippen LogP contribution in [0.4, 0.5) is 0 Å². The van der Waals surface area contributed by atoms with E-state index in [-0.39, 0.29) is 0 Å². The fourth-order valence-corrected chi connectivity index (χ4v) is 3.58. The van der Waals surface area contributed by atoms with Gasteiger partial charge in [0.25, 0.3) is 0 Å². The van der Waals surface area contributed by atoms with Gasteiger partial charge in [0.15, 0.2) is 0 Å². The van der Waals surface area contributed by atoms with Crippen molar-refractivity contribution in [1.82, 2.24) is 0 Å². The SMILES string of the molecule is CC(C)[Se]C(C)c1ccccc1. The molecule has 0 radical (unpaired) electrons. The number of rotatable bonds is 3. The van der Waals surface area contributed by atoms with Crippen molar-refractivity contribution in [3.05, 3.63) is 35.9 Å². The molecule has 1 unspecified atom stereocenters. The fraction of sp³-hybridized carbons (Fsp3) is 0.455. The molecule has 0 nitrogen and oxygen atoms in total. The second-order valence-electron chi connectivity index (χ2n) is 3.24. The van der Waals surface area contributed by atoms with Gasteiger partial charge in [-0.1, -0.05) is 0 Å². The van der Waals surface area contributed by atoms with Crippen molar-refractivity contribution in [1.29, 1.82) is 0 Å². The van der Waals surface area contributed by atoms with Crippen LogP contribution < -0.4 is 0 Å². The number of hydrogen-bond acceptors (Lipinski definition) is 0. The first-order valence-corrected chi connectivity index (χ1v) is 6.38. The molecule has 0 aromatic heterocycles. The van der Waals surface area contributed by atoms with E-state index in [0.717, 1.165) is 24.6 Å². The first-order chi connectivity index (χ1) is 5.70. The monoisotopic (exact) mass is 228 g/mol. The van der Waals surface area contributed by atoms with Crippen molar-refractivity contribution in [3.63, 3.8) is 0 Å². The van der Waals surface area contributed by atoms with Crippen LogP contribution in [0.1, 0.15) is 31.2 Å². The molecule has 0 fully saturated rings. The van der Waals surface area contributed by atoms with E-state index < -0.39 is 0 Å². The molecule has 0 aliphatic heterocycles. The van der Waals surface area contributed by atoms with E-state index in [0.29, 0.717) is 0 Å². The van der Waals surface area contributed by atoms with E-state index in [1.54, 1.807) is 0 Å². The first kappa shape index (κ1) is 9.82. The van der Waals surface area contributed by atoms with E-state index in [1.807, 2.05) is 0 Å². The summed E-state index contributed by atoms with van der Waals surface area (Å²) in [7, 11) is 0. The molecule has 1 rings (SSSR count). The maximum absolute atomic E-state index is 2.33. The predicted octanol–water partition coefficient (Wildman–Crippen LogP) is 3.28. The zero-order chi connectivity index (χ0) is 8.97.